The molecule has 1 N–H and O–H groups in total. The maximum absolute atomic E-state index is 13.0. The van der Waals surface area contributed by atoms with Crippen molar-refractivity contribution in [2.75, 3.05) is 5.32 Å². The van der Waals surface area contributed by atoms with Crippen molar-refractivity contribution in [1.29, 1.82) is 0 Å². The number of carbonyl (C=O) groups is 1. The second-order valence-electron chi connectivity index (χ2n) is 5.59. The van der Waals surface area contributed by atoms with Gasteiger partial charge in [0, 0.05) is 11.4 Å². The Kier molecular flexibility index (Phi) is 5.72. The van der Waals surface area contributed by atoms with Crippen LogP contribution in [0.1, 0.15) is 29.4 Å². The lowest BCUT2D eigenvalue weighted by atomic mass is 10.1. The molecule has 1 amide bonds. The number of nitrogens with one attached hydrogen (secondary N) is 1. The Bertz CT molecular complexity index is 770. The molecule has 25 heavy (non-hydrogen) atoms. The van der Waals surface area contributed by atoms with Gasteiger partial charge >= 0.3 is 6.18 Å². The highest BCUT2D eigenvalue weighted by Crippen LogP contribution is 2.35. The average molecular weight is 369 g/mol. The molecule has 2 aromatic rings. The van der Waals surface area contributed by atoms with Crippen molar-refractivity contribution in [3.8, 4) is 0 Å². The number of aromatic nitrogens is 2. The first-order chi connectivity index (χ1) is 11.6. The second-order valence-corrected chi connectivity index (χ2v) is 6.90. The fourth-order valence-electron chi connectivity index (χ4n) is 2.08. The van der Waals surface area contributed by atoms with Crippen molar-refractivity contribution >= 4 is 23.4 Å². The predicted molar refractivity (Wildman–Crippen MR) is 91.6 cm³/mol. The van der Waals surface area contributed by atoms with Crippen molar-refractivity contribution in [2.45, 2.75) is 44.3 Å². The summed E-state index contributed by atoms with van der Waals surface area (Å²) in [5, 5.41) is 2.12. The van der Waals surface area contributed by atoms with Gasteiger partial charge in [-0.3, -0.25) is 4.79 Å². The Hall–Kier alpha value is -2.09. The van der Waals surface area contributed by atoms with E-state index in [2.05, 4.69) is 15.3 Å². The maximum Gasteiger partial charge on any atom is 0.418 e. The molecule has 0 aliphatic carbocycles. The van der Waals surface area contributed by atoms with Gasteiger partial charge in [0.1, 0.15) is 0 Å². The van der Waals surface area contributed by atoms with Crippen molar-refractivity contribution in [2.24, 2.45) is 0 Å². The SMILES string of the molecule is Cc1nc(S[C@@H](C)C(=O)Nc2ccccc2C(F)(F)F)nc(C)c1C. The highest BCUT2D eigenvalue weighted by Gasteiger charge is 2.34. The van der Waals surface area contributed by atoms with Gasteiger partial charge in [0.05, 0.1) is 16.5 Å². The van der Waals surface area contributed by atoms with Gasteiger partial charge in [-0.05, 0) is 45.4 Å². The number of hydrogen-bond acceptors (Lipinski definition) is 4. The van der Waals surface area contributed by atoms with Crippen LogP contribution in [0.2, 0.25) is 0 Å². The van der Waals surface area contributed by atoms with Crippen LogP contribution in [0.4, 0.5) is 18.9 Å². The molecule has 0 aliphatic rings. The van der Waals surface area contributed by atoms with E-state index in [1.54, 1.807) is 6.92 Å². The molecule has 0 fully saturated rings. The molecule has 1 aromatic heterocycles. The smallest absolute Gasteiger partial charge is 0.325 e. The number of amides is 1. The summed E-state index contributed by atoms with van der Waals surface area (Å²) in [6, 6.07) is 4.89. The predicted octanol–water partition coefficient (Wildman–Crippen LogP) is 4.54. The maximum atomic E-state index is 13.0. The average Bonchev–Trinajstić information content (AvgIpc) is 2.52. The minimum Gasteiger partial charge on any atom is -0.325 e. The lowest BCUT2D eigenvalue weighted by Gasteiger charge is -2.16. The first kappa shape index (κ1) is 19.2. The molecular weight excluding hydrogens is 351 g/mol. The number of hydrogen-bond donors (Lipinski definition) is 1. The minimum atomic E-state index is -4.53. The van der Waals surface area contributed by atoms with Crippen LogP contribution in [0, 0.1) is 20.8 Å². The summed E-state index contributed by atoms with van der Waals surface area (Å²) in [5.41, 5.74) is 1.46. The van der Waals surface area contributed by atoms with Crippen LogP contribution in [-0.2, 0) is 11.0 Å². The van der Waals surface area contributed by atoms with Gasteiger partial charge in [-0.15, -0.1) is 0 Å². The molecule has 4 nitrogen and oxygen atoms in total. The highest BCUT2D eigenvalue weighted by molar-refractivity contribution is 8.00. The van der Waals surface area contributed by atoms with E-state index in [4.69, 9.17) is 0 Å². The van der Waals surface area contributed by atoms with Crippen LogP contribution in [0.5, 0.6) is 0 Å². The molecule has 0 saturated carbocycles. The van der Waals surface area contributed by atoms with E-state index in [1.165, 1.54) is 18.2 Å². The molecular formula is C17H18F3N3OS. The van der Waals surface area contributed by atoms with E-state index in [0.29, 0.717) is 5.16 Å². The highest BCUT2D eigenvalue weighted by atomic mass is 32.2. The number of rotatable bonds is 4. The number of halogens is 3. The summed E-state index contributed by atoms with van der Waals surface area (Å²) in [7, 11) is 0. The fraction of sp³-hybridized carbons (Fsp3) is 0.353. The van der Waals surface area contributed by atoms with E-state index in [9.17, 15) is 18.0 Å². The summed E-state index contributed by atoms with van der Waals surface area (Å²) >= 11 is 1.11. The van der Waals surface area contributed by atoms with Gasteiger partial charge in [0.15, 0.2) is 5.16 Å². The molecule has 0 aliphatic heterocycles. The monoisotopic (exact) mass is 369 g/mol. The van der Waals surface area contributed by atoms with Gasteiger partial charge in [-0.25, -0.2) is 9.97 Å². The lowest BCUT2D eigenvalue weighted by molar-refractivity contribution is -0.137. The van der Waals surface area contributed by atoms with Crippen LogP contribution in [0.15, 0.2) is 29.4 Å². The molecule has 1 heterocycles. The Morgan fingerprint density at radius 1 is 1.12 bits per heavy atom. The third-order valence-electron chi connectivity index (χ3n) is 3.75. The number of anilines is 1. The zero-order chi connectivity index (χ0) is 18.8. The molecule has 0 saturated heterocycles. The van der Waals surface area contributed by atoms with Gasteiger partial charge in [-0.1, -0.05) is 23.9 Å². The van der Waals surface area contributed by atoms with E-state index in [0.717, 1.165) is 34.8 Å². The summed E-state index contributed by atoms with van der Waals surface area (Å²) in [6.45, 7) is 7.20. The summed E-state index contributed by atoms with van der Waals surface area (Å²) in [5.74, 6) is -0.541. The quantitative estimate of drug-likeness (QED) is 0.635. The topological polar surface area (TPSA) is 54.9 Å². The second kappa shape index (κ2) is 7.43. The Morgan fingerprint density at radius 3 is 2.24 bits per heavy atom. The summed E-state index contributed by atoms with van der Waals surface area (Å²) < 4.78 is 39.0. The summed E-state index contributed by atoms with van der Waals surface area (Å²) in [4.78, 5) is 20.9. The first-order valence-electron chi connectivity index (χ1n) is 7.55. The van der Waals surface area contributed by atoms with E-state index < -0.39 is 22.9 Å². The molecule has 2 rings (SSSR count). The van der Waals surface area contributed by atoms with Crippen LogP contribution >= 0.6 is 11.8 Å². The van der Waals surface area contributed by atoms with E-state index in [1.807, 2.05) is 20.8 Å². The standard InChI is InChI=1S/C17H18F3N3OS/c1-9-10(2)21-16(22-11(9)3)25-12(4)15(24)23-14-8-6-5-7-13(14)17(18,19)20/h5-8,12H,1-4H3,(H,23,24)/t12-/m0/s1. The first-order valence-corrected chi connectivity index (χ1v) is 8.43. The van der Waals surface area contributed by atoms with Crippen LogP contribution in [0.3, 0.4) is 0 Å². The molecule has 0 radical (unpaired) electrons. The summed E-state index contributed by atoms with van der Waals surface area (Å²) in [6.07, 6.45) is -4.53. The number of nitrogens with zero attached hydrogens (tertiary/aromatic N) is 2. The number of thioether (sulfide) groups is 1. The molecule has 0 unspecified atom stereocenters. The molecule has 0 spiro atoms. The normalized spacial score (nSPS) is 12.8. The minimum absolute atomic E-state index is 0.260. The van der Waals surface area contributed by atoms with Gasteiger partial charge < -0.3 is 5.32 Å². The number of aryl methyl sites for hydroxylation is 2. The fourth-order valence-corrected chi connectivity index (χ4v) is 2.94. The lowest BCUT2D eigenvalue weighted by Crippen LogP contribution is -2.24. The Balaban J connectivity index is 2.14. The molecule has 0 bridgehead atoms. The molecule has 8 heteroatoms. The van der Waals surface area contributed by atoms with Gasteiger partial charge in [0.2, 0.25) is 5.91 Å². The van der Waals surface area contributed by atoms with Crippen molar-refractivity contribution in [1.82, 2.24) is 9.97 Å². The van der Waals surface area contributed by atoms with E-state index in [-0.39, 0.29) is 5.69 Å². The van der Waals surface area contributed by atoms with Crippen LogP contribution in [0.25, 0.3) is 0 Å². The van der Waals surface area contributed by atoms with Gasteiger partial charge in [0.25, 0.3) is 0 Å². The Labute approximate surface area is 148 Å². The van der Waals surface area contributed by atoms with Crippen LogP contribution in [-0.4, -0.2) is 21.1 Å². The third kappa shape index (κ3) is 4.72. The molecule has 134 valence electrons. The number of carbonyl (C=O) groups excluding carboxylic acids is 1. The Morgan fingerprint density at radius 2 is 1.68 bits per heavy atom. The number of benzene rings is 1. The van der Waals surface area contributed by atoms with Crippen molar-refractivity contribution in [3.63, 3.8) is 0 Å². The van der Waals surface area contributed by atoms with Gasteiger partial charge in [-0.2, -0.15) is 13.2 Å². The number of alkyl halides is 3. The zero-order valence-corrected chi connectivity index (χ0v) is 15.0. The number of para-hydroxylation sites is 1. The molecule has 1 atom stereocenters. The van der Waals surface area contributed by atoms with Crippen molar-refractivity contribution in [3.05, 3.63) is 46.8 Å². The zero-order valence-electron chi connectivity index (χ0n) is 14.2. The van der Waals surface area contributed by atoms with E-state index >= 15 is 0 Å². The third-order valence-corrected chi connectivity index (χ3v) is 4.71. The van der Waals surface area contributed by atoms with Crippen molar-refractivity contribution < 1.29 is 18.0 Å². The largest absolute Gasteiger partial charge is 0.418 e. The van der Waals surface area contributed by atoms with Crippen LogP contribution < -0.4 is 5.32 Å². The molecule has 1 aromatic carbocycles.